The quantitative estimate of drug-likeness (QED) is 0.415. The van der Waals surface area contributed by atoms with E-state index in [1.165, 1.54) is 22.9 Å². The lowest BCUT2D eigenvalue weighted by Gasteiger charge is -2.27. The summed E-state index contributed by atoms with van der Waals surface area (Å²) in [6, 6.07) is 12.0. The zero-order chi connectivity index (χ0) is 22.5. The lowest BCUT2D eigenvalue weighted by molar-refractivity contribution is -0.384. The summed E-state index contributed by atoms with van der Waals surface area (Å²) >= 11 is 1.16. The van der Waals surface area contributed by atoms with Crippen LogP contribution in [-0.2, 0) is 7.05 Å². The van der Waals surface area contributed by atoms with Crippen LogP contribution in [0.4, 0.5) is 17.1 Å². The number of carbonyl (C=O) groups is 1. The van der Waals surface area contributed by atoms with E-state index in [1.807, 2.05) is 24.3 Å². The number of tetrazole rings is 1. The Morgan fingerprint density at radius 3 is 2.52 bits per heavy atom. The minimum Gasteiger partial charge on any atom is -0.369 e. The van der Waals surface area contributed by atoms with Gasteiger partial charge in [-0.15, -0.1) is 5.10 Å². The average molecular weight is 442 g/mol. The highest BCUT2D eigenvalue weighted by Crippen LogP contribution is 2.31. The minimum atomic E-state index is -0.533. The number of non-ortho nitro benzene ring substituents is 1. The van der Waals surface area contributed by atoms with E-state index in [4.69, 9.17) is 0 Å². The van der Waals surface area contributed by atoms with Gasteiger partial charge in [-0.05, 0) is 73.3 Å². The molecular weight excluding hydrogens is 418 g/mol. The molecule has 1 heterocycles. The SMILES string of the molecule is CCN(c1ccc(NC(=O)c2cc([N+](=O)[O-])ccc2Sc2nnnn2C)cc1)C(C)C. The fourth-order valence-electron chi connectivity index (χ4n) is 3.08. The van der Waals surface area contributed by atoms with Crippen molar-refractivity contribution in [1.29, 1.82) is 0 Å². The van der Waals surface area contributed by atoms with Crippen molar-refractivity contribution in [1.82, 2.24) is 20.2 Å². The number of anilines is 2. The van der Waals surface area contributed by atoms with E-state index in [0.29, 0.717) is 21.8 Å². The lowest BCUT2D eigenvalue weighted by Crippen LogP contribution is -2.30. The first kappa shape index (κ1) is 22.2. The molecule has 0 atom stereocenters. The molecule has 3 aromatic rings. The van der Waals surface area contributed by atoms with Gasteiger partial charge in [0.15, 0.2) is 0 Å². The Morgan fingerprint density at radius 1 is 1.26 bits per heavy atom. The van der Waals surface area contributed by atoms with Crippen molar-refractivity contribution in [2.24, 2.45) is 7.05 Å². The molecule has 0 saturated carbocycles. The third kappa shape index (κ3) is 5.18. The number of carbonyl (C=O) groups excluding carboxylic acids is 1. The van der Waals surface area contributed by atoms with Crippen LogP contribution in [0.2, 0.25) is 0 Å². The van der Waals surface area contributed by atoms with Gasteiger partial charge in [0, 0.05) is 48.0 Å². The van der Waals surface area contributed by atoms with Crippen LogP contribution in [0, 0.1) is 10.1 Å². The Labute approximate surface area is 183 Å². The number of rotatable bonds is 8. The van der Waals surface area contributed by atoms with Crippen LogP contribution in [0.25, 0.3) is 0 Å². The summed E-state index contributed by atoms with van der Waals surface area (Å²) in [5, 5.41) is 25.7. The molecule has 162 valence electrons. The van der Waals surface area contributed by atoms with Crippen molar-refractivity contribution in [2.45, 2.75) is 36.9 Å². The van der Waals surface area contributed by atoms with Gasteiger partial charge in [0.2, 0.25) is 5.16 Å². The third-order valence-corrected chi connectivity index (χ3v) is 5.73. The van der Waals surface area contributed by atoms with Crippen LogP contribution in [0.15, 0.2) is 52.5 Å². The van der Waals surface area contributed by atoms with Gasteiger partial charge >= 0.3 is 0 Å². The summed E-state index contributed by atoms with van der Waals surface area (Å²) in [6.07, 6.45) is 0. The Balaban J connectivity index is 1.86. The van der Waals surface area contributed by atoms with Crippen molar-refractivity contribution in [3.8, 4) is 0 Å². The van der Waals surface area contributed by atoms with Gasteiger partial charge in [-0.25, -0.2) is 4.68 Å². The molecule has 3 rings (SSSR count). The fraction of sp³-hybridized carbons (Fsp3) is 0.300. The minimum absolute atomic E-state index is 0.170. The first-order chi connectivity index (χ1) is 14.8. The smallest absolute Gasteiger partial charge is 0.270 e. The fourth-order valence-corrected chi connectivity index (χ4v) is 3.92. The molecule has 10 nitrogen and oxygen atoms in total. The van der Waals surface area contributed by atoms with Crippen LogP contribution < -0.4 is 10.2 Å². The molecule has 0 aliphatic rings. The van der Waals surface area contributed by atoms with E-state index >= 15 is 0 Å². The van der Waals surface area contributed by atoms with E-state index in [2.05, 4.69) is 46.5 Å². The van der Waals surface area contributed by atoms with E-state index in [9.17, 15) is 14.9 Å². The molecule has 1 aromatic heterocycles. The highest BCUT2D eigenvalue weighted by molar-refractivity contribution is 7.99. The van der Waals surface area contributed by atoms with E-state index in [1.54, 1.807) is 7.05 Å². The van der Waals surface area contributed by atoms with Gasteiger partial charge < -0.3 is 10.2 Å². The predicted molar refractivity (Wildman–Crippen MR) is 119 cm³/mol. The Kier molecular flexibility index (Phi) is 6.85. The molecule has 1 N–H and O–H groups in total. The Bertz CT molecular complexity index is 1080. The van der Waals surface area contributed by atoms with Crippen molar-refractivity contribution in [3.05, 3.63) is 58.1 Å². The second-order valence-electron chi connectivity index (χ2n) is 7.01. The van der Waals surface area contributed by atoms with Crippen molar-refractivity contribution < 1.29 is 9.72 Å². The molecule has 0 bridgehead atoms. The topological polar surface area (TPSA) is 119 Å². The summed E-state index contributed by atoms with van der Waals surface area (Å²) in [5.41, 5.74) is 1.65. The Hall–Kier alpha value is -3.47. The number of amides is 1. The number of nitrogens with one attached hydrogen (secondary N) is 1. The Morgan fingerprint density at radius 2 is 1.97 bits per heavy atom. The molecular formula is C20H23N7O3S. The maximum atomic E-state index is 13.0. The number of nitro benzene ring substituents is 1. The largest absolute Gasteiger partial charge is 0.369 e. The molecule has 0 aliphatic heterocycles. The summed E-state index contributed by atoms with van der Waals surface area (Å²) in [6.45, 7) is 7.19. The molecule has 31 heavy (non-hydrogen) atoms. The van der Waals surface area contributed by atoms with E-state index in [-0.39, 0.29) is 11.3 Å². The molecule has 0 unspecified atom stereocenters. The number of hydrogen-bond donors (Lipinski definition) is 1. The average Bonchev–Trinajstić information content (AvgIpc) is 3.14. The molecule has 0 spiro atoms. The summed E-state index contributed by atoms with van der Waals surface area (Å²) in [5.74, 6) is -0.453. The summed E-state index contributed by atoms with van der Waals surface area (Å²) in [7, 11) is 1.67. The number of nitrogens with zero attached hydrogens (tertiary/aromatic N) is 6. The molecule has 2 aromatic carbocycles. The van der Waals surface area contributed by atoms with Gasteiger partial charge in [0.1, 0.15) is 0 Å². The zero-order valence-electron chi connectivity index (χ0n) is 17.6. The number of aryl methyl sites for hydroxylation is 1. The van der Waals surface area contributed by atoms with Crippen molar-refractivity contribution in [2.75, 3.05) is 16.8 Å². The first-order valence-electron chi connectivity index (χ1n) is 9.66. The molecule has 11 heteroatoms. The van der Waals surface area contributed by atoms with Gasteiger partial charge in [-0.2, -0.15) is 0 Å². The second-order valence-corrected chi connectivity index (χ2v) is 8.01. The summed E-state index contributed by atoms with van der Waals surface area (Å²) in [4.78, 5) is 26.4. The number of benzene rings is 2. The maximum absolute atomic E-state index is 13.0. The van der Waals surface area contributed by atoms with Crippen LogP contribution >= 0.6 is 11.8 Å². The van der Waals surface area contributed by atoms with Gasteiger partial charge in [0.25, 0.3) is 11.6 Å². The normalized spacial score (nSPS) is 10.9. The summed E-state index contributed by atoms with van der Waals surface area (Å²) < 4.78 is 1.46. The van der Waals surface area contributed by atoms with Gasteiger partial charge in [-0.1, -0.05) is 0 Å². The predicted octanol–water partition coefficient (Wildman–Crippen LogP) is 3.76. The molecule has 0 fully saturated rings. The number of hydrogen-bond acceptors (Lipinski definition) is 8. The molecule has 0 saturated heterocycles. The molecule has 0 aliphatic carbocycles. The van der Waals surface area contributed by atoms with E-state index < -0.39 is 10.8 Å². The zero-order valence-corrected chi connectivity index (χ0v) is 18.5. The van der Waals surface area contributed by atoms with Crippen LogP contribution in [0.5, 0.6) is 0 Å². The van der Waals surface area contributed by atoms with Crippen LogP contribution in [-0.4, -0.2) is 43.6 Å². The van der Waals surface area contributed by atoms with Crippen LogP contribution in [0.3, 0.4) is 0 Å². The standard InChI is InChI=1S/C20H23N7O3S/c1-5-26(13(2)3)15-8-6-14(7-9-15)21-19(28)17-12-16(27(29)30)10-11-18(17)31-20-22-23-24-25(20)4/h6-13H,5H2,1-4H3,(H,21,28). The maximum Gasteiger partial charge on any atom is 0.270 e. The van der Waals surface area contributed by atoms with Crippen molar-refractivity contribution >= 4 is 34.7 Å². The van der Waals surface area contributed by atoms with Crippen molar-refractivity contribution in [3.63, 3.8) is 0 Å². The van der Waals surface area contributed by atoms with E-state index in [0.717, 1.165) is 24.0 Å². The highest BCUT2D eigenvalue weighted by Gasteiger charge is 2.19. The molecule has 0 radical (unpaired) electrons. The molecule has 1 amide bonds. The third-order valence-electron chi connectivity index (χ3n) is 4.62. The van der Waals surface area contributed by atoms with Crippen LogP contribution in [0.1, 0.15) is 31.1 Å². The highest BCUT2D eigenvalue weighted by atomic mass is 32.2. The monoisotopic (exact) mass is 441 g/mol. The second kappa shape index (κ2) is 9.56. The lowest BCUT2D eigenvalue weighted by atomic mass is 10.1. The van der Waals surface area contributed by atoms with Gasteiger partial charge in [-0.3, -0.25) is 14.9 Å². The first-order valence-corrected chi connectivity index (χ1v) is 10.5. The van der Waals surface area contributed by atoms with Gasteiger partial charge in [0.05, 0.1) is 10.5 Å². The number of aromatic nitrogens is 4. The number of nitro groups is 1.